The molecule has 0 aliphatic carbocycles. The van der Waals surface area contributed by atoms with E-state index < -0.39 is 16.0 Å². The number of nitrogens with zero attached hydrogens (tertiary/aromatic N) is 6. The molecule has 35 heavy (non-hydrogen) atoms. The fourth-order valence-corrected chi connectivity index (χ4v) is 4.10. The SMILES string of the molecule is NC(N)=NS(=O)(=O)c1ccc(N=NCc2cnn(C(=O)c3ccncc3)c2-c2ccccc2)cc1. The summed E-state index contributed by atoms with van der Waals surface area (Å²) in [6.45, 7) is 0.141. The van der Waals surface area contributed by atoms with Crippen LogP contribution in [-0.4, -0.2) is 35.0 Å². The molecule has 2 aromatic heterocycles. The number of guanidine groups is 1. The van der Waals surface area contributed by atoms with Crippen molar-refractivity contribution in [2.45, 2.75) is 11.4 Å². The molecule has 0 saturated heterocycles. The molecule has 0 unspecified atom stereocenters. The molecule has 4 rings (SSSR count). The third kappa shape index (κ3) is 5.45. The van der Waals surface area contributed by atoms with Gasteiger partial charge in [-0.3, -0.25) is 9.78 Å². The van der Waals surface area contributed by atoms with Crippen LogP contribution in [0.2, 0.25) is 0 Å². The molecule has 11 nitrogen and oxygen atoms in total. The Labute approximate surface area is 200 Å². The van der Waals surface area contributed by atoms with Crippen LogP contribution in [0.25, 0.3) is 11.3 Å². The van der Waals surface area contributed by atoms with Crippen LogP contribution in [0.5, 0.6) is 0 Å². The Morgan fingerprint density at radius 1 is 0.943 bits per heavy atom. The third-order valence-electron chi connectivity index (χ3n) is 4.80. The number of nitrogens with two attached hydrogens (primary N) is 2. The van der Waals surface area contributed by atoms with E-state index in [1.807, 2.05) is 30.3 Å². The number of hydrogen-bond donors (Lipinski definition) is 2. The summed E-state index contributed by atoms with van der Waals surface area (Å²) in [6.07, 6.45) is 4.66. The van der Waals surface area contributed by atoms with Gasteiger partial charge in [-0.2, -0.15) is 28.4 Å². The molecule has 4 aromatic rings. The van der Waals surface area contributed by atoms with Crippen LogP contribution in [-0.2, 0) is 16.6 Å². The summed E-state index contributed by atoms with van der Waals surface area (Å²) in [5, 5.41) is 12.7. The highest BCUT2D eigenvalue weighted by Crippen LogP contribution is 2.26. The van der Waals surface area contributed by atoms with Gasteiger partial charge in [0.1, 0.15) is 0 Å². The lowest BCUT2D eigenvalue weighted by molar-refractivity contribution is 0.0947. The lowest BCUT2D eigenvalue weighted by atomic mass is 10.1. The molecule has 0 aliphatic rings. The second-order valence-electron chi connectivity index (χ2n) is 7.22. The summed E-state index contributed by atoms with van der Waals surface area (Å²) in [7, 11) is -3.99. The van der Waals surface area contributed by atoms with E-state index in [-0.39, 0.29) is 17.3 Å². The fraction of sp³-hybridized carbons (Fsp3) is 0.0435. The smallest absolute Gasteiger partial charge is 0.285 e. The quantitative estimate of drug-likeness (QED) is 0.229. The minimum atomic E-state index is -3.99. The maximum absolute atomic E-state index is 13.1. The summed E-state index contributed by atoms with van der Waals surface area (Å²) in [4.78, 5) is 16.9. The van der Waals surface area contributed by atoms with Gasteiger partial charge in [-0.05, 0) is 36.4 Å². The zero-order valence-electron chi connectivity index (χ0n) is 18.3. The highest BCUT2D eigenvalue weighted by atomic mass is 32.2. The molecule has 0 saturated carbocycles. The van der Waals surface area contributed by atoms with E-state index in [9.17, 15) is 13.2 Å². The zero-order chi connectivity index (χ0) is 24.8. The van der Waals surface area contributed by atoms with Gasteiger partial charge in [0.15, 0.2) is 0 Å². The second-order valence-corrected chi connectivity index (χ2v) is 8.83. The topological polar surface area (TPSA) is 171 Å². The molecule has 4 N–H and O–H groups in total. The molecular formula is C23H20N8O3S. The molecule has 12 heteroatoms. The third-order valence-corrected chi connectivity index (χ3v) is 6.12. The minimum absolute atomic E-state index is 0.0767. The number of aromatic nitrogens is 3. The summed E-state index contributed by atoms with van der Waals surface area (Å²) >= 11 is 0. The van der Waals surface area contributed by atoms with Crippen LogP contribution in [0.3, 0.4) is 0 Å². The van der Waals surface area contributed by atoms with E-state index in [0.717, 1.165) is 5.56 Å². The van der Waals surface area contributed by atoms with Gasteiger partial charge in [-0.25, -0.2) is 0 Å². The minimum Gasteiger partial charge on any atom is -0.369 e. The van der Waals surface area contributed by atoms with Gasteiger partial charge in [0, 0.05) is 29.1 Å². The zero-order valence-corrected chi connectivity index (χ0v) is 19.1. The molecule has 0 spiro atoms. The largest absolute Gasteiger partial charge is 0.369 e. The first-order valence-electron chi connectivity index (χ1n) is 10.3. The molecule has 0 fully saturated rings. The molecule has 0 bridgehead atoms. The van der Waals surface area contributed by atoms with Crippen LogP contribution < -0.4 is 11.5 Å². The summed E-state index contributed by atoms with van der Waals surface area (Å²) < 4.78 is 28.7. The van der Waals surface area contributed by atoms with Crippen molar-refractivity contribution in [2.24, 2.45) is 26.1 Å². The molecule has 2 heterocycles. The molecule has 0 atom stereocenters. The molecular weight excluding hydrogens is 468 g/mol. The molecule has 0 aliphatic heterocycles. The van der Waals surface area contributed by atoms with Crippen molar-refractivity contribution >= 4 is 27.6 Å². The normalized spacial score (nSPS) is 11.4. The van der Waals surface area contributed by atoms with Crippen LogP contribution in [0.4, 0.5) is 5.69 Å². The molecule has 176 valence electrons. The molecule has 0 radical (unpaired) electrons. The average Bonchev–Trinajstić information content (AvgIpc) is 3.28. The predicted octanol–water partition coefficient (Wildman–Crippen LogP) is 2.88. The lowest BCUT2D eigenvalue weighted by Gasteiger charge is -2.08. The monoisotopic (exact) mass is 488 g/mol. The first-order valence-corrected chi connectivity index (χ1v) is 11.7. The first-order chi connectivity index (χ1) is 16.8. The van der Waals surface area contributed by atoms with Gasteiger partial charge >= 0.3 is 0 Å². The summed E-state index contributed by atoms with van der Waals surface area (Å²) in [5.74, 6) is -0.849. The maximum atomic E-state index is 13.1. The number of hydrogen-bond acceptors (Lipinski definition) is 7. The highest BCUT2D eigenvalue weighted by molar-refractivity contribution is 7.90. The Morgan fingerprint density at radius 2 is 1.63 bits per heavy atom. The number of azo groups is 1. The van der Waals surface area contributed by atoms with Crippen LogP contribution >= 0.6 is 0 Å². The predicted molar refractivity (Wildman–Crippen MR) is 129 cm³/mol. The van der Waals surface area contributed by atoms with Gasteiger partial charge in [-0.1, -0.05) is 30.3 Å². The number of carbonyl (C=O) groups is 1. The van der Waals surface area contributed by atoms with Crippen molar-refractivity contribution in [3.05, 3.63) is 96.4 Å². The standard InChI is InChI=1S/C23H20N8O3S/c24-23(25)30-35(33,34)20-8-6-19(7-9-20)29-27-14-18-15-28-31(21(18)16-4-2-1-3-5-16)22(32)17-10-12-26-13-11-17/h1-13,15H,14H2,(H4,24,25,30). The summed E-state index contributed by atoms with van der Waals surface area (Å²) in [5.41, 5.74) is 13.3. The van der Waals surface area contributed by atoms with Crippen LogP contribution in [0.1, 0.15) is 15.9 Å². The fourth-order valence-electron chi connectivity index (χ4n) is 3.24. The van der Waals surface area contributed by atoms with E-state index in [0.29, 0.717) is 22.5 Å². The lowest BCUT2D eigenvalue weighted by Crippen LogP contribution is -2.24. The van der Waals surface area contributed by atoms with E-state index in [2.05, 4.69) is 24.7 Å². The van der Waals surface area contributed by atoms with Gasteiger partial charge in [-0.15, -0.1) is 4.40 Å². The number of benzene rings is 2. The number of sulfonamides is 1. The molecule has 2 aromatic carbocycles. The average molecular weight is 489 g/mol. The van der Waals surface area contributed by atoms with Crippen molar-refractivity contribution < 1.29 is 13.2 Å². The Kier molecular flexibility index (Phi) is 6.73. The van der Waals surface area contributed by atoms with Crippen LogP contribution in [0, 0.1) is 0 Å². The Hall–Kier alpha value is -4.71. The number of carbonyl (C=O) groups excluding carboxylic acids is 1. The van der Waals surface area contributed by atoms with Crippen molar-refractivity contribution in [1.29, 1.82) is 0 Å². The maximum Gasteiger partial charge on any atom is 0.285 e. The first kappa shape index (κ1) is 23.4. The van der Waals surface area contributed by atoms with Gasteiger partial charge in [0.2, 0.25) is 5.96 Å². The van der Waals surface area contributed by atoms with Crippen molar-refractivity contribution in [1.82, 2.24) is 14.8 Å². The van der Waals surface area contributed by atoms with Gasteiger partial charge in [0.05, 0.1) is 29.0 Å². The second kappa shape index (κ2) is 10.1. The van der Waals surface area contributed by atoms with Crippen LogP contribution in [0.15, 0.2) is 105 Å². The Morgan fingerprint density at radius 3 is 2.29 bits per heavy atom. The van der Waals surface area contributed by atoms with Crippen molar-refractivity contribution in [3.8, 4) is 11.3 Å². The van der Waals surface area contributed by atoms with E-state index in [4.69, 9.17) is 11.5 Å². The summed E-state index contributed by atoms with van der Waals surface area (Å²) in [6, 6.07) is 18.2. The Balaban J connectivity index is 1.60. The van der Waals surface area contributed by atoms with Gasteiger partial charge in [0.25, 0.3) is 15.9 Å². The number of pyridine rings is 1. The van der Waals surface area contributed by atoms with E-state index in [1.165, 1.54) is 28.9 Å². The Bertz CT molecular complexity index is 1490. The highest BCUT2D eigenvalue weighted by Gasteiger charge is 2.19. The van der Waals surface area contributed by atoms with E-state index in [1.54, 1.807) is 30.7 Å². The van der Waals surface area contributed by atoms with E-state index >= 15 is 0 Å². The van der Waals surface area contributed by atoms with Crippen molar-refractivity contribution in [2.75, 3.05) is 0 Å². The van der Waals surface area contributed by atoms with Crippen molar-refractivity contribution in [3.63, 3.8) is 0 Å². The van der Waals surface area contributed by atoms with Gasteiger partial charge < -0.3 is 11.5 Å². The molecule has 0 amide bonds. The number of rotatable bonds is 7.